The third kappa shape index (κ3) is 4.31. The zero-order chi connectivity index (χ0) is 13.5. The molecule has 0 aromatic carbocycles. The molecule has 0 radical (unpaired) electrons. The van der Waals surface area contributed by atoms with Gasteiger partial charge in [0.25, 0.3) is 5.91 Å². The average Bonchev–Trinajstić information content (AvgIpc) is 2.46. The van der Waals surface area contributed by atoms with Gasteiger partial charge in [-0.3, -0.25) is 9.78 Å². The van der Waals surface area contributed by atoms with Crippen LogP contribution in [0.1, 0.15) is 43.0 Å². The number of pyridine rings is 1. The summed E-state index contributed by atoms with van der Waals surface area (Å²) >= 11 is 0. The summed E-state index contributed by atoms with van der Waals surface area (Å²) in [5, 5.41) is 2.85. The molecule has 4 heteroatoms. The highest BCUT2D eigenvalue weighted by Crippen LogP contribution is 2.25. The molecule has 1 aliphatic carbocycles. The van der Waals surface area contributed by atoms with E-state index >= 15 is 0 Å². The first-order valence-corrected chi connectivity index (χ1v) is 7.07. The van der Waals surface area contributed by atoms with Gasteiger partial charge in [-0.1, -0.05) is 19.8 Å². The van der Waals surface area contributed by atoms with E-state index in [2.05, 4.69) is 17.2 Å². The Kier molecular flexibility index (Phi) is 5.33. The molecule has 0 aliphatic heterocycles. The van der Waals surface area contributed by atoms with E-state index in [9.17, 15) is 4.79 Å². The summed E-state index contributed by atoms with van der Waals surface area (Å²) in [5.74, 6) is 0.552. The van der Waals surface area contributed by atoms with Crippen LogP contribution in [0.4, 0.5) is 0 Å². The van der Waals surface area contributed by atoms with Crippen molar-refractivity contribution < 1.29 is 9.53 Å². The van der Waals surface area contributed by atoms with Gasteiger partial charge in [-0.2, -0.15) is 0 Å². The Morgan fingerprint density at radius 3 is 3.05 bits per heavy atom. The lowest BCUT2D eigenvalue weighted by molar-refractivity contribution is -0.00294. The second-order valence-corrected chi connectivity index (χ2v) is 5.17. The second-order valence-electron chi connectivity index (χ2n) is 5.17. The van der Waals surface area contributed by atoms with Gasteiger partial charge < -0.3 is 10.1 Å². The Morgan fingerprint density at radius 2 is 2.32 bits per heavy atom. The van der Waals surface area contributed by atoms with E-state index in [1.54, 1.807) is 24.5 Å². The molecular formula is C15H22N2O2. The van der Waals surface area contributed by atoms with Crippen molar-refractivity contribution in [2.45, 2.75) is 38.7 Å². The number of nitrogens with zero attached hydrogens (tertiary/aromatic N) is 1. The number of rotatable bonds is 5. The fraction of sp³-hybridized carbons (Fsp3) is 0.600. The van der Waals surface area contributed by atoms with E-state index in [4.69, 9.17) is 4.74 Å². The van der Waals surface area contributed by atoms with E-state index in [-0.39, 0.29) is 5.91 Å². The van der Waals surface area contributed by atoms with Crippen molar-refractivity contribution in [3.8, 4) is 0 Å². The number of nitrogens with one attached hydrogen (secondary N) is 1. The predicted molar refractivity (Wildman–Crippen MR) is 73.9 cm³/mol. The van der Waals surface area contributed by atoms with Gasteiger partial charge in [-0.25, -0.2) is 0 Å². The van der Waals surface area contributed by atoms with Gasteiger partial charge in [0, 0.05) is 18.9 Å². The summed E-state index contributed by atoms with van der Waals surface area (Å²) in [6, 6.07) is 3.52. The topological polar surface area (TPSA) is 51.2 Å². The van der Waals surface area contributed by atoms with Crippen LogP contribution in [0, 0.1) is 5.92 Å². The molecule has 1 aromatic heterocycles. The molecule has 104 valence electrons. The first kappa shape index (κ1) is 14.0. The Balaban J connectivity index is 1.65. The lowest BCUT2D eigenvalue weighted by Crippen LogP contribution is -2.31. The summed E-state index contributed by atoms with van der Waals surface area (Å²) in [4.78, 5) is 15.7. The molecule has 1 heterocycles. The number of carbonyl (C=O) groups is 1. The normalized spacial score (nSPS) is 23.0. The minimum Gasteiger partial charge on any atom is -0.376 e. The molecule has 0 spiro atoms. The quantitative estimate of drug-likeness (QED) is 0.829. The molecule has 4 nitrogen and oxygen atoms in total. The monoisotopic (exact) mass is 262 g/mol. The predicted octanol–water partition coefficient (Wildman–Crippen LogP) is 2.41. The van der Waals surface area contributed by atoms with E-state index in [1.807, 2.05) is 0 Å². The Bertz CT molecular complexity index is 394. The summed E-state index contributed by atoms with van der Waals surface area (Å²) in [6.45, 7) is 3.38. The van der Waals surface area contributed by atoms with Crippen molar-refractivity contribution in [3.63, 3.8) is 0 Å². The third-order valence-electron chi connectivity index (χ3n) is 3.68. The molecule has 0 saturated heterocycles. The zero-order valence-corrected chi connectivity index (χ0v) is 11.5. The number of hydrogen-bond donors (Lipinski definition) is 1. The van der Waals surface area contributed by atoms with Gasteiger partial charge in [0.1, 0.15) is 0 Å². The van der Waals surface area contributed by atoms with E-state index < -0.39 is 0 Å². The zero-order valence-electron chi connectivity index (χ0n) is 11.5. The van der Waals surface area contributed by atoms with Crippen molar-refractivity contribution in [1.29, 1.82) is 0 Å². The maximum atomic E-state index is 11.8. The van der Waals surface area contributed by atoms with Crippen molar-refractivity contribution >= 4 is 5.91 Å². The standard InChI is InChI=1S/C15H22N2O2/c1-12-5-2-3-7-14(12)19-10-9-17-15(18)13-6-4-8-16-11-13/h4,6,8,11-12,14H,2-3,5,7,9-10H2,1H3,(H,17,18). The molecule has 2 unspecified atom stereocenters. The van der Waals surface area contributed by atoms with Crippen molar-refractivity contribution in [2.24, 2.45) is 5.92 Å². The molecule has 1 aliphatic rings. The number of hydrogen-bond acceptors (Lipinski definition) is 3. The summed E-state index contributed by atoms with van der Waals surface area (Å²) in [7, 11) is 0. The number of amides is 1. The van der Waals surface area contributed by atoms with Crippen LogP contribution in [0.3, 0.4) is 0 Å². The molecule has 19 heavy (non-hydrogen) atoms. The fourth-order valence-electron chi connectivity index (χ4n) is 2.50. The summed E-state index contributed by atoms with van der Waals surface area (Å²) in [6.07, 6.45) is 8.58. The van der Waals surface area contributed by atoms with E-state index in [1.165, 1.54) is 19.3 Å². The summed E-state index contributed by atoms with van der Waals surface area (Å²) in [5.41, 5.74) is 0.591. The van der Waals surface area contributed by atoms with Crippen LogP contribution < -0.4 is 5.32 Å². The van der Waals surface area contributed by atoms with Crippen LogP contribution in [0.2, 0.25) is 0 Å². The third-order valence-corrected chi connectivity index (χ3v) is 3.68. The van der Waals surface area contributed by atoms with Gasteiger partial charge in [-0.15, -0.1) is 0 Å². The van der Waals surface area contributed by atoms with Gasteiger partial charge in [0.2, 0.25) is 0 Å². The first-order valence-electron chi connectivity index (χ1n) is 7.07. The van der Waals surface area contributed by atoms with E-state index in [0.29, 0.717) is 30.7 Å². The Hall–Kier alpha value is -1.42. The molecule has 1 saturated carbocycles. The molecule has 1 fully saturated rings. The maximum Gasteiger partial charge on any atom is 0.252 e. The smallest absolute Gasteiger partial charge is 0.252 e. The van der Waals surface area contributed by atoms with Crippen LogP contribution in [-0.2, 0) is 4.74 Å². The highest BCUT2D eigenvalue weighted by atomic mass is 16.5. The van der Waals surface area contributed by atoms with Gasteiger partial charge in [-0.05, 0) is 30.9 Å². The number of ether oxygens (including phenoxy) is 1. The minimum absolute atomic E-state index is 0.0895. The van der Waals surface area contributed by atoms with Crippen molar-refractivity contribution in [1.82, 2.24) is 10.3 Å². The van der Waals surface area contributed by atoms with Gasteiger partial charge >= 0.3 is 0 Å². The van der Waals surface area contributed by atoms with E-state index in [0.717, 1.165) is 6.42 Å². The lowest BCUT2D eigenvalue weighted by atomic mass is 9.88. The number of carbonyl (C=O) groups excluding carboxylic acids is 1. The molecule has 0 bridgehead atoms. The second kappa shape index (κ2) is 7.24. The van der Waals surface area contributed by atoms with Crippen LogP contribution >= 0.6 is 0 Å². The van der Waals surface area contributed by atoms with Crippen LogP contribution in [-0.4, -0.2) is 30.1 Å². The molecule has 2 rings (SSSR count). The Morgan fingerprint density at radius 1 is 1.47 bits per heavy atom. The summed E-state index contributed by atoms with van der Waals surface area (Å²) < 4.78 is 5.85. The maximum absolute atomic E-state index is 11.8. The van der Waals surface area contributed by atoms with Crippen molar-refractivity contribution in [3.05, 3.63) is 30.1 Å². The first-order chi connectivity index (χ1) is 9.27. The molecule has 1 N–H and O–H groups in total. The fourth-order valence-corrected chi connectivity index (χ4v) is 2.50. The van der Waals surface area contributed by atoms with Gasteiger partial charge in [0.15, 0.2) is 0 Å². The largest absolute Gasteiger partial charge is 0.376 e. The lowest BCUT2D eigenvalue weighted by Gasteiger charge is -2.28. The number of aromatic nitrogens is 1. The van der Waals surface area contributed by atoms with Crippen molar-refractivity contribution in [2.75, 3.05) is 13.2 Å². The average molecular weight is 262 g/mol. The minimum atomic E-state index is -0.0895. The molecule has 2 atom stereocenters. The SMILES string of the molecule is CC1CCCCC1OCCNC(=O)c1cccnc1. The van der Waals surface area contributed by atoms with Crippen LogP contribution in [0.25, 0.3) is 0 Å². The molecule has 1 aromatic rings. The molecule has 1 amide bonds. The Labute approximate surface area is 114 Å². The molecular weight excluding hydrogens is 240 g/mol. The highest BCUT2D eigenvalue weighted by Gasteiger charge is 2.21. The van der Waals surface area contributed by atoms with Crippen LogP contribution in [0.5, 0.6) is 0 Å². The highest BCUT2D eigenvalue weighted by molar-refractivity contribution is 5.93. The van der Waals surface area contributed by atoms with Gasteiger partial charge in [0.05, 0.1) is 18.3 Å². The van der Waals surface area contributed by atoms with Crippen LogP contribution in [0.15, 0.2) is 24.5 Å².